The normalized spacial score (nSPS) is 22.0. The fraction of sp³-hybridized carbons (Fsp3) is 0.478. The highest BCUT2D eigenvalue weighted by molar-refractivity contribution is 5.93. The van der Waals surface area contributed by atoms with Crippen LogP contribution in [0.2, 0.25) is 0 Å². The summed E-state index contributed by atoms with van der Waals surface area (Å²) < 4.78 is 7.35. The van der Waals surface area contributed by atoms with Crippen molar-refractivity contribution in [2.45, 2.75) is 44.7 Å². The first-order valence-corrected chi connectivity index (χ1v) is 10.6. The van der Waals surface area contributed by atoms with Crippen LogP contribution < -0.4 is 20.9 Å². The van der Waals surface area contributed by atoms with Crippen LogP contribution in [0.15, 0.2) is 29.1 Å². The number of aromatic nitrogens is 1. The van der Waals surface area contributed by atoms with Gasteiger partial charge in [-0.15, -0.1) is 0 Å². The van der Waals surface area contributed by atoms with Crippen LogP contribution in [0.4, 0.5) is 0 Å². The van der Waals surface area contributed by atoms with Crippen molar-refractivity contribution in [3.63, 3.8) is 0 Å². The molecule has 5 rings (SSSR count). The number of ether oxygens (including phenoxy) is 1. The van der Waals surface area contributed by atoms with E-state index in [1.165, 1.54) is 11.1 Å². The van der Waals surface area contributed by atoms with Gasteiger partial charge in [0.25, 0.3) is 11.5 Å². The van der Waals surface area contributed by atoms with Crippen LogP contribution in [0.25, 0.3) is 0 Å². The van der Waals surface area contributed by atoms with Gasteiger partial charge in [0.05, 0.1) is 7.11 Å². The molecule has 1 aromatic heterocycles. The number of hydrogen-bond acceptors (Lipinski definition) is 4. The fourth-order valence-corrected chi connectivity index (χ4v) is 5.21. The van der Waals surface area contributed by atoms with E-state index in [4.69, 9.17) is 4.74 Å². The second-order valence-electron chi connectivity index (χ2n) is 8.51. The monoisotopic (exact) mass is 393 g/mol. The number of fused-ring (bicyclic) bond motifs is 5. The number of pyridine rings is 1. The van der Waals surface area contributed by atoms with Gasteiger partial charge in [-0.1, -0.05) is 6.07 Å². The first-order chi connectivity index (χ1) is 14.1. The third-order valence-electron chi connectivity index (χ3n) is 6.69. The van der Waals surface area contributed by atoms with Gasteiger partial charge >= 0.3 is 0 Å². The number of methoxy groups -OCH3 is 1. The molecule has 3 heterocycles. The zero-order chi connectivity index (χ0) is 20.0. The maximum Gasteiger partial charge on any atom is 0.263 e. The van der Waals surface area contributed by atoms with Crippen LogP contribution in [0, 0.1) is 5.92 Å². The number of aryl methyl sites for hydroxylation is 2. The number of carbonyl (C=O) groups excluding carboxylic acids is 1. The van der Waals surface area contributed by atoms with Crippen LogP contribution >= 0.6 is 0 Å². The second-order valence-corrected chi connectivity index (χ2v) is 8.51. The molecule has 6 nitrogen and oxygen atoms in total. The zero-order valence-electron chi connectivity index (χ0n) is 16.8. The third-order valence-corrected chi connectivity index (χ3v) is 6.69. The minimum atomic E-state index is -0.318. The Kier molecular flexibility index (Phi) is 4.66. The number of benzene rings is 1. The van der Waals surface area contributed by atoms with E-state index in [9.17, 15) is 9.59 Å². The molecule has 1 amide bonds. The van der Waals surface area contributed by atoms with E-state index in [-0.39, 0.29) is 17.0 Å². The van der Waals surface area contributed by atoms with Crippen molar-refractivity contribution in [2.24, 2.45) is 5.92 Å². The summed E-state index contributed by atoms with van der Waals surface area (Å²) in [4.78, 5) is 25.9. The average molecular weight is 393 g/mol. The van der Waals surface area contributed by atoms with E-state index in [1.54, 1.807) is 13.2 Å². The summed E-state index contributed by atoms with van der Waals surface area (Å²) in [5, 5.41) is 6.38. The van der Waals surface area contributed by atoms with Gasteiger partial charge in [-0.05, 0) is 67.5 Å². The summed E-state index contributed by atoms with van der Waals surface area (Å²) in [6, 6.07) is 7.87. The highest BCUT2D eigenvalue weighted by atomic mass is 16.5. The Labute approximate surface area is 170 Å². The SMILES string of the molecule is COc1cc2c(cc1CNC(=O)c1ccc3n(c1=O)C[C@@H]1CNC[C@H]3C1)CCC2. The van der Waals surface area contributed by atoms with Crippen molar-refractivity contribution in [1.82, 2.24) is 15.2 Å². The van der Waals surface area contributed by atoms with Crippen LogP contribution in [0.5, 0.6) is 5.75 Å². The molecule has 152 valence electrons. The predicted molar refractivity (Wildman–Crippen MR) is 111 cm³/mol. The smallest absolute Gasteiger partial charge is 0.263 e. The first-order valence-electron chi connectivity index (χ1n) is 10.6. The third kappa shape index (κ3) is 3.25. The van der Waals surface area contributed by atoms with Crippen molar-refractivity contribution in [2.75, 3.05) is 20.2 Å². The Bertz CT molecular complexity index is 1030. The zero-order valence-corrected chi connectivity index (χ0v) is 16.8. The fourth-order valence-electron chi connectivity index (χ4n) is 5.21. The van der Waals surface area contributed by atoms with E-state index in [1.807, 2.05) is 10.6 Å². The number of carbonyl (C=O) groups is 1. The van der Waals surface area contributed by atoms with Gasteiger partial charge in [0.15, 0.2) is 0 Å². The summed E-state index contributed by atoms with van der Waals surface area (Å²) in [7, 11) is 1.66. The summed E-state index contributed by atoms with van der Waals surface area (Å²) in [6.45, 7) is 2.89. The number of piperidine rings is 1. The maximum atomic E-state index is 13.0. The lowest BCUT2D eigenvalue weighted by Crippen LogP contribution is -2.46. The summed E-state index contributed by atoms with van der Waals surface area (Å²) in [5.74, 6) is 1.31. The molecule has 0 saturated carbocycles. The summed E-state index contributed by atoms with van der Waals surface area (Å²) in [5.41, 5.74) is 4.74. The minimum Gasteiger partial charge on any atom is -0.496 e. The minimum absolute atomic E-state index is 0.169. The maximum absolute atomic E-state index is 13.0. The van der Waals surface area contributed by atoms with Gasteiger partial charge in [0.2, 0.25) is 0 Å². The standard InChI is InChI=1S/C23H27N3O3/c1-29-21-9-16-4-2-3-15(16)8-18(21)12-25-22(27)19-5-6-20-17-7-14(10-24-11-17)13-26(20)23(19)28/h5-6,8-9,14,17,24H,2-4,7,10-13H2,1H3,(H,25,27)/t14-,17+/m0/s1. The second kappa shape index (κ2) is 7.34. The molecule has 1 saturated heterocycles. The van der Waals surface area contributed by atoms with Gasteiger partial charge in [-0.2, -0.15) is 0 Å². The Morgan fingerprint density at radius 3 is 2.90 bits per heavy atom. The molecule has 1 aliphatic carbocycles. The Morgan fingerprint density at radius 1 is 1.24 bits per heavy atom. The lowest BCUT2D eigenvalue weighted by atomic mass is 9.84. The van der Waals surface area contributed by atoms with Crippen LogP contribution in [-0.2, 0) is 25.9 Å². The molecule has 2 atom stereocenters. The first kappa shape index (κ1) is 18.4. The Hall–Kier alpha value is -2.60. The molecule has 29 heavy (non-hydrogen) atoms. The molecule has 0 unspecified atom stereocenters. The van der Waals surface area contributed by atoms with Gasteiger partial charge in [0.1, 0.15) is 11.3 Å². The molecule has 0 radical (unpaired) electrons. The van der Waals surface area contributed by atoms with E-state index in [0.29, 0.717) is 24.9 Å². The highest BCUT2D eigenvalue weighted by Gasteiger charge is 2.31. The van der Waals surface area contributed by atoms with Gasteiger partial charge in [-0.25, -0.2) is 0 Å². The highest BCUT2D eigenvalue weighted by Crippen LogP contribution is 2.32. The summed E-state index contributed by atoms with van der Waals surface area (Å²) in [6.07, 6.45) is 4.44. The van der Waals surface area contributed by atoms with E-state index in [0.717, 1.165) is 55.8 Å². The van der Waals surface area contributed by atoms with E-state index in [2.05, 4.69) is 22.8 Å². The molecule has 0 spiro atoms. The number of amides is 1. The molecule has 2 aliphatic heterocycles. The van der Waals surface area contributed by atoms with Crippen molar-refractivity contribution >= 4 is 5.91 Å². The van der Waals surface area contributed by atoms with Crippen molar-refractivity contribution in [1.29, 1.82) is 0 Å². The van der Waals surface area contributed by atoms with Crippen molar-refractivity contribution < 1.29 is 9.53 Å². The molecule has 3 aliphatic rings. The average Bonchev–Trinajstić information content (AvgIpc) is 3.19. The van der Waals surface area contributed by atoms with Crippen LogP contribution in [-0.4, -0.2) is 30.7 Å². The number of nitrogens with zero attached hydrogens (tertiary/aromatic N) is 1. The molecule has 2 aromatic rings. The number of nitrogens with one attached hydrogen (secondary N) is 2. The van der Waals surface area contributed by atoms with Gasteiger partial charge in [0, 0.05) is 36.8 Å². The molecular formula is C23H27N3O3. The molecule has 1 fully saturated rings. The van der Waals surface area contributed by atoms with E-state index >= 15 is 0 Å². The Morgan fingerprint density at radius 2 is 2.07 bits per heavy atom. The predicted octanol–water partition coefficient (Wildman–Crippen LogP) is 1.98. The number of rotatable bonds is 4. The molecule has 1 aromatic carbocycles. The Balaban J connectivity index is 1.37. The molecule has 2 N–H and O–H groups in total. The van der Waals surface area contributed by atoms with Crippen molar-refractivity contribution in [3.05, 3.63) is 62.6 Å². The van der Waals surface area contributed by atoms with Crippen LogP contribution in [0.1, 0.15) is 51.5 Å². The lowest BCUT2D eigenvalue weighted by molar-refractivity contribution is 0.0947. The topological polar surface area (TPSA) is 72.4 Å². The quantitative estimate of drug-likeness (QED) is 0.833. The number of hydrogen-bond donors (Lipinski definition) is 2. The lowest BCUT2D eigenvalue weighted by Gasteiger charge is -2.37. The largest absolute Gasteiger partial charge is 0.496 e. The van der Waals surface area contributed by atoms with E-state index < -0.39 is 0 Å². The van der Waals surface area contributed by atoms with Crippen LogP contribution in [0.3, 0.4) is 0 Å². The molecular weight excluding hydrogens is 366 g/mol. The molecule has 2 bridgehead atoms. The molecule has 6 heteroatoms. The van der Waals surface area contributed by atoms with Gasteiger partial charge < -0.3 is 19.9 Å². The van der Waals surface area contributed by atoms with Crippen molar-refractivity contribution in [3.8, 4) is 5.75 Å². The summed E-state index contributed by atoms with van der Waals surface area (Å²) >= 11 is 0. The van der Waals surface area contributed by atoms with Gasteiger partial charge in [-0.3, -0.25) is 9.59 Å².